The third-order valence-corrected chi connectivity index (χ3v) is 3.10. The van der Waals surface area contributed by atoms with E-state index in [2.05, 4.69) is 10.4 Å². The van der Waals surface area contributed by atoms with E-state index in [-0.39, 0.29) is 18.9 Å². The Morgan fingerprint density at radius 1 is 1.53 bits per heavy atom. The van der Waals surface area contributed by atoms with E-state index in [0.29, 0.717) is 31.3 Å². The molecule has 0 radical (unpaired) electrons. The Morgan fingerprint density at radius 3 is 2.84 bits per heavy atom. The summed E-state index contributed by atoms with van der Waals surface area (Å²) >= 11 is 6.05. The normalized spacial score (nSPS) is 10.7. The van der Waals surface area contributed by atoms with Gasteiger partial charge in [0.1, 0.15) is 5.15 Å². The van der Waals surface area contributed by atoms with Crippen molar-refractivity contribution in [3.63, 3.8) is 0 Å². The van der Waals surface area contributed by atoms with Gasteiger partial charge in [-0.1, -0.05) is 11.6 Å². The molecule has 2 N–H and O–H groups in total. The molecule has 0 aliphatic rings. The number of hydrogen-bond acceptors (Lipinski definition) is 4. The number of ether oxygens (including phenoxy) is 1. The van der Waals surface area contributed by atoms with Crippen LogP contribution in [0, 0.1) is 6.92 Å². The molecule has 6 nitrogen and oxygen atoms in total. The molecule has 0 spiro atoms. The molecule has 0 aromatic carbocycles. The second-order valence-corrected chi connectivity index (χ2v) is 4.55. The Kier molecular flexibility index (Phi) is 6.83. The minimum absolute atomic E-state index is 0.0190. The average Bonchev–Trinajstić information content (AvgIpc) is 2.60. The number of halogens is 1. The number of nitrogens with zero attached hydrogens (tertiary/aromatic N) is 2. The molecule has 0 saturated carbocycles. The van der Waals surface area contributed by atoms with E-state index in [1.165, 1.54) is 0 Å². The van der Waals surface area contributed by atoms with Crippen molar-refractivity contribution in [1.82, 2.24) is 15.1 Å². The number of aryl methyl sites for hydroxylation is 2. The van der Waals surface area contributed by atoms with Crippen LogP contribution in [0.1, 0.15) is 17.7 Å². The minimum atomic E-state index is -0.0832. The molecular weight excluding hydrogens is 270 g/mol. The van der Waals surface area contributed by atoms with Gasteiger partial charge in [0.05, 0.1) is 25.3 Å². The van der Waals surface area contributed by atoms with Gasteiger partial charge in [0.25, 0.3) is 0 Å². The van der Waals surface area contributed by atoms with Crippen LogP contribution < -0.4 is 5.32 Å². The first-order valence-electron chi connectivity index (χ1n) is 6.19. The summed E-state index contributed by atoms with van der Waals surface area (Å²) in [6, 6.07) is 0. The average molecular weight is 290 g/mol. The Labute approximate surface area is 117 Å². The molecule has 1 aromatic rings. The van der Waals surface area contributed by atoms with Crippen molar-refractivity contribution in [2.75, 3.05) is 26.4 Å². The molecule has 7 heteroatoms. The second-order valence-electron chi connectivity index (χ2n) is 4.19. The fraction of sp³-hybridized carbons (Fsp3) is 0.667. The van der Waals surface area contributed by atoms with Crippen LogP contribution in [0.15, 0.2) is 0 Å². The SMILES string of the molecule is Cc1nn(C)c(Cl)c1CC(=O)NCCCOCCO. The maximum absolute atomic E-state index is 11.7. The number of aliphatic hydroxyl groups excluding tert-OH is 1. The van der Waals surface area contributed by atoms with E-state index >= 15 is 0 Å². The van der Waals surface area contributed by atoms with Gasteiger partial charge >= 0.3 is 0 Å². The highest BCUT2D eigenvalue weighted by atomic mass is 35.5. The first-order chi connectivity index (χ1) is 9.06. The summed E-state index contributed by atoms with van der Waals surface area (Å²) in [6.45, 7) is 3.25. The van der Waals surface area contributed by atoms with Gasteiger partial charge in [0.15, 0.2) is 0 Å². The van der Waals surface area contributed by atoms with Gasteiger partial charge in [0.2, 0.25) is 5.91 Å². The molecule has 0 aliphatic carbocycles. The van der Waals surface area contributed by atoms with E-state index in [1.54, 1.807) is 11.7 Å². The molecule has 19 heavy (non-hydrogen) atoms. The number of nitrogens with one attached hydrogen (secondary N) is 1. The van der Waals surface area contributed by atoms with E-state index < -0.39 is 0 Å². The lowest BCUT2D eigenvalue weighted by atomic mass is 10.2. The van der Waals surface area contributed by atoms with E-state index in [1.807, 2.05) is 6.92 Å². The number of aromatic nitrogens is 2. The molecule has 1 amide bonds. The van der Waals surface area contributed by atoms with Gasteiger partial charge in [0, 0.05) is 25.8 Å². The third kappa shape index (κ3) is 5.18. The molecule has 0 aliphatic heterocycles. The van der Waals surface area contributed by atoms with Gasteiger partial charge in [-0.25, -0.2) is 0 Å². The second kappa shape index (κ2) is 8.14. The van der Waals surface area contributed by atoms with Crippen LogP contribution in [-0.2, 0) is 23.0 Å². The van der Waals surface area contributed by atoms with E-state index in [9.17, 15) is 4.79 Å². The Balaban J connectivity index is 2.28. The number of hydrogen-bond donors (Lipinski definition) is 2. The zero-order chi connectivity index (χ0) is 14.3. The van der Waals surface area contributed by atoms with Crippen molar-refractivity contribution in [3.8, 4) is 0 Å². The lowest BCUT2D eigenvalue weighted by Crippen LogP contribution is -2.27. The predicted molar refractivity (Wildman–Crippen MR) is 72.2 cm³/mol. The molecule has 1 aromatic heterocycles. The van der Waals surface area contributed by atoms with Crippen LogP contribution in [0.5, 0.6) is 0 Å². The number of carbonyl (C=O) groups excluding carboxylic acids is 1. The van der Waals surface area contributed by atoms with Crippen LogP contribution >= 0.6 is 11.6 Å². The summed E-state index contributed by atoms with van der Waals surface area (Å²) in [5.41, 5.74) is 1.53. The van der Waals surface area contributed by atoms with Crippen molar-refractivity contribution in [3.05, 3.63) is 16.4 Å². The zero-order valence-corrected chi connectivity index (χ0v) is 12.0. The lowest BCUT2D eigenvalue weighted by Gasteiger charge is -2.05. The topological polar surface area (TPSA) is 76.4 Å². The molecule has 0 atom stereocenters. The maximum Gasteiger partial charge on any atom is 0.224 e. The van der Waals surface area contributed by atoms with Crippen molar-refractivity contribution in [2.45, 2.75) is 19.8 Å². The smallest absolute Gasteiger partial charge is 0.224 e. The molecule has 0 saturated heterocycles. The number of rotatable bonds is 8. The van der Waals surface area contributed by atoms with Gasteiger partial charge < -0.3 is 15.2 Å². The highest BCUT2D eigenvalue weighted by Gasteiger charge is 2.14. The first-order valence-corrected chi connectivity index (χ1v) is 6.57. The molecule has 0 bridgehead atoms. The largest absolute Gasteiger partial charge is 0.394 e. The number of amides is 1. The number of carbonyl (C=O) groups is 1. The summed E-state index contributed by atoms with van der Waals surface area (Å²) in [6.07, 6.45) is 0.946. The van der Waals surface area contributed by atoms with Crippen LogP contribution in [0.25, 0.3) is 0 Å². The van der Waals surface area contributed by atoms with Gasteiger partial charge in [-0.15, -0.1) is 0 Å². The lowest BCUT2D eigenvalue weighted by molar-refractivity contribution is -0.120. The highest BCUT2D eigenvalue weighted by Crippen LogP contribution is 2.18. The summed E-state index contributed by atoms with van der Waals surface area (Å²) in [7, 11) is 1.75. The summed E-state index contributed by atoms with van der Waals surface area (Å²) in [4.78, 5) is 11.7. The van der Waals surface area contributed by atoms with E-state index in [4.69, 9.17) is 21.4 Å². The van der Waals surface area contributed by atoms with Crippen molar-refractivity contribution in [1.29, 1.82) is 0 Å². The Hall–Kier alpha value is -1.11. The first kappa shape index (κ1) is 15.9. The third-order valence-electron chi connectivity index (χ3n) is 2.63. The summed E-state index contributed by atoms with van der Waals surface area (Å²) < 4.78 is 6.65. The van der Waals surface area contributed by atoms with Crippen LogP contribution in [-0.4, -0.2) is 47.2 Å². The van der Waals surface area contributed by atoms with Crippen LogP contribution in [0.3, 0.4) is 0 Å². The Bertz CT molecular complexity index is 421. The summed E-state index contributed by atoms with van der Waals surface area (Å²) in [5, 5.41) is 16.0. The number of aliphatic hydroxyl groups is 1. The van der Waals surface area contributed by atoms with Crippen LogP contribution in [0.2, 0.25) is 5.15 Å². The Morgan fingerprint density at radius 2 is 2.26 bits per heavy atom. The summed E-state index contributed by atoms with van der Waals surface area (Å²) in [5.74, 6) is -0.0832. The van der Waals surface area contributed by atoms with Crippen molar-refractivity contribution >= 4 is 17.5 Å². The van der Waals surface area contributed by atoms with Gasteiger partial charge in [-0.3, -0.25) is 9.48 Å². The highest BCUT2D eigenvalue weighted by molar-refractivity contribution is 6.30. The zero-order valence-electron chi connectivity index (χ0n) is 11.3. The maximum atomic E-state index is 11.7. The van der Waals surface area contributed by atoms with Crippen molar-refractivity contribution < 1.29 is 14.6 Å². The molecule has 1 rings (SSSR count). The quantitative estimate of drug-likeness (QED) is 0.681. The van der Waals surface area contributed by atoms with Crippen LogP contribution in [0.4, 0.5) is 0 Å². The monoisotopic (exact) mass is 289 g/mol. The molecule has 0 unspecified atom stereocenters. The fourth-order valence-corrected chi connectivity index (χ4v) is 1.91. The van der Waals surface area contributed by atoms with Gasteiger partial charge in [-0.05, 0) is 13.3 Å². The molecule has 1 heterocycles. The van der Waals surface area contributed by atoms with E-state index in [0.717, 1.165) is 11.3 Å². The fourth-order valence-electron chi connectivity index (χ4n) is 1.67. The molecule has 0 fully saturated rings. The van der Waals surface area contributed by atoms with Crippen molar-refractivity contribution in [2.24, 2.45) is 7.05 Å². The van der Waals surface area contributed by atoms with Gasteiger partial charge in [-0.2, -0.15) is 5.10 Å². The molecule has 108 valence electrons. The molecular formula is C12H20ClN3O3. The minimum Gasteiger partial charge on any atom is -0.394 e. The predicted octanol–water partition coefficient (Wildman–Crippen LogP) is 0.440. The standard InChI is InChI=1S/C12H20ClN3O3/c1-9-10(12(13)16(2)15-9)8-11(18)14-4-3-6-19-7-5-17/h17H,3-8H2,1-2H3,(H,14,18).